The van der Waals surface area contributed by atoms with E-state index in [4.69, 9.17) is 21.3 Å². The van der Waals surface area contributed by atoms with Crippen LogP contribution in [0.5, 0.6) is 5.75 Å². The Labute approximate surface area is 218 Å². The number of nitrogens with zero attached hydrogens (tertiary/aromatic N) is 5. The second kappa shape index (κ2) is 9.90. The summed E-state index contributed by atoms with van der Waals surface area (Å²) in [5, 5.41) is -0.102. The topological polar surface area (TPSA) is 119 Å². The standard InChI is InChI=1S/C24H26ClFN6O4S/c1-14-11-15(26)21(27-12-14)23-22-16(28-19-5-3-4-9-31(19)22)8-10-32(23)20(33)13-36-17-6-7-18(29-24(17)25)30-37(2,34)35/h6-7,11-12,23H,3-5,8-10,13H2,1-2H3,(H,29,30). The molecule has 3 aromatic rings. The molecule has 3 aromatic heterocycles. The fourth-order valence-corrected chi connectivity index (χ4v) is 5.55. The summed E-state index contributed by atoms with van der Waals surface area (Å²) in [6.07, 6.45) is 6.00. The maximum atomic E-state index is 15.2. The number of hydrogen-bond donors (Lipinski definition) is 1. The van der Waals surface area contributed by atoms with Gasteiger partial charge in [-0.05, 0) is 43.5 Å². The monoisotopic (exact) mass is 548 g/mol. The summed E-state index contributed by atoms with van der Waals surface area (Å²) in [5.41, 5.74) is 2.53. The molecule has 0 spiro atoms. The van der Waals surface area contributed by atoms with E-state index in [9.17, 15) is 13.2 Å². The lowest BCUT2D eigenvalue weighted by atomic mass is 9.97. The molecular weight excluding hydrogens is 523 g/mol. The van der Waals surface area contributed by atoms with E-state index < -0.39 is 21.9 Å². The molecule has 196 valence electrons. The summed E-state index contributed by atoms with van der Waals surface area (Å²) in [7, 11) is -3.53. The van der Waals surface area contributed by atoms with Gasteiger partial charge < -0.3 is 14.2 Å². The smallest absolute Gasteiger partial charge is 0.261 e. The van der Waals surface area contributed by atoms with Crippen LogP contribution >= 0.6 is 11.6 Å². The molecule has 0 bridgehead atoms. The highest BCUT2D eigenvalue weighted by Gasteiger charge is 2.39. The SMILES string of the molecule is Cc1cnc(C2c3c(nc4n3CCCC4)CCN2C(=O)COc2ccc(NS(C)(=O)=O)nc2Cl)c(F)c1. The van der Waals surface area contributed by atoms with Crippen molar-refractivity contribution in [2.45, 2.75) is 45.2 Å². The first kappa shape index (κ1) is 25.4. The molecule has 37 heavy (non-hydrogen) atoms. The van der Waals surface area contributed by atoms with Crippen molar-refractivity contribution < 1.29 is 22.3 Å². The molecule has 1 amide bonds. The number of anilines is 1. The fourth-order valence-electron chi connectivity index (χ4n) is 4.84. The lowest BCUT2D eigenvalue weighted by Crippen LogP contribution is -2.44. The Bertz CT molecular complexity index is 1480. The predicted molar refractivity (Wildman–Crippen MR) is 135 cm³/mol. The van der Waals surface area contributed by atoms with Crippen LogP contribution in [0.3, 0.4) is 0 Å². The molecular formula is C24H26ClFN6O4S. The quantitative estimate of drug-likeness (QED) is 0.470. The molecule has 0 fully saturated rings. The number of amides is 1. The number of sulfonamides is 1. The number of nitrogens with one attached hydrogen (secondary N) is 1. The van der Waals surface area contributed by atoms with Crippen LogP contribution in [0, 0.1) is 12.7 Å². The second-order valence-electron chi connectivity index (χ2n) is 9.24. The summed E-state index contributed by atoms with van der Waals surface area (Å²) in [6, 6.07) is 3.49. The number of rotatable bonds is 6. The van der Waals surface area contributed by atoms with E-state index in [0.717, 1.165) is 49.3 Å². The lowest BCUT2D eigenvalue weighted by molar-refractivity contribution is -0.135. The van der Waals surface area contributed by atoms with E-state index in [1.807, 2.05) is 0 Å². The van der Waals surface area contributed by atoms with Crippen molar-refractivity contribution in [3.8, 4) is 5.75 Å². The van der Waals surface area contributed by atoms with Crippen LogP contribution in [0.4, 0.5) is 10.2 Å². The van der Waals surface area contributed by atoms with Crippen molar-refractivity contribution in [1.29, 1.82) is 0 Å². The molecule has 13 heteroatoms. The van der Waals surface area contributed by atoms with Crippen LogP contribution in [0.1, 0.15) is 47.4 Å². The summed E-state index contributed by atoms with van der Waals surface area (Å²) in [5.74, 6) is 0.244. The van der Waals surface area contributed by atoms with Gasteiger partial charge in [-0.1, -0.05) is 11.6 Å². The van der Waals surface area contributed by atoms with Gasteiger partial charge >= 0.3 is 0 Å². The molecule has 2 aliphatic heterocycles. The third-order valence-corrected chi connectivity index (χ3v) is 7.25. The lowest BCUT2D eigenvalue weighted by Gasteiger charge is -2.36. The first-order valence-electron chi connectivity index (χ1n) is 11.9. The van der Waals surface area contributed by atoms with Crippen molar-refractivity contribution in [3.05, 3.63) is 63.8 Å². The van der Waals surface area contributed by atoms with E-state index >= 15 is 4.39 Å². The van der Waals surface area contributed by atoms with Crippen molar-refractivity contribution in [3.63, 3.8) is 0 Å². The van der Waals surface area contributed by atoms with Crippen LogP contribution in [0.25, 0.3) is 0 Å². The Morgan fingerprint density at radius 2 is 2.05 bits per heavy atom. The Kier molecular flexibility index (Phi) is 6.80. The number of fused-ring (bicyclic) bond motifs is 3. The highest BCUT2D eigenvalue weighted by Crippen LogP contribution is 2.38. The van der Waals surface area contributed by atoms with Gasteiger partial charge in [0.1, 0.15) is 29.2 Å². The molecule has 0 aromatic carbocycles. The molecule has 10 nitrogen and oxygen atoms in total. The number of carbonyl (C=O) groups excluding carboxylic acids is 1. The molecule has 5 rings (SSSR count). The zero-order valence-corrected chi connectivity index (χ0v) is 21.9. The van der Waals surface area contributed by atoms with Crippen molar-refractivity contribution in [2.75, 3.05) is 24.1 Å². The zero-order valence-electron chi connectivity index (χ0n) is 20.4. The third-order valence-electron chi connectivity index (χ3n) is 6.40. The Hall–Kier alpha value is -3.25. The van der Waals surface area contributed by atoms with Gasteiger partial charge in [0.2, 0.25) is 10.0 Å². The average molecular weight is 549 g/mol. The molecule has 1 unspecified atom stereocenters. The van der Waals surface area contributed by atoms with Crippen LogP contribution in [-0.4, -0.2) is 58.2 Å². The summed E-state index contributed by atoms with van der Waals surface area (Å²) < 4.78 is 48.1. The molecule has 2 aliphatic rings. The van der Waals surface area contributed by atoms with Crippen LogP contribution in [-0.2, 0) is 34.2 Å². The zero-order chi connectivity index (χ0) is 26.3. The summed E-state index contributed by atoms with van der Waals surface area (Å²) in [6.45, 7) is 2.47. The molecule has 0 aliphatic carbocycles. The molecule has 0 radical (unpaired) electrons. The van der Waals surface area contributed by atoms with E-state index in [1.54, 1.807) is 18.0 Å². The molecule has 0 saturated carbocycles. The number of carbonyl (C=O) groups is 1. The van der Waals surface area contributed by atoms with Gasteiger partial charge in [-0.2, -0.15) is 0 Å². The number of hydrogen-bond acceptors (Lipinski definition) is 7. The fraction of sp³-hybridized carbons (Fsp3) is 0.417. The van der Waals surface area contributed by atoms with Gasteiger partial charge in [-0.25, -0.2) is 22.8 Å². The number of halogens is 2. The van der Waals surface area contributed by atoms with Crippen LogP contribution in [0.15, 0.2) is 24.4 Å². The van der Waals surface area contributed by atoms with Crippen molar-refractivity contribution >= 4 is 33.3 Å². The minimum atomic E-state index is -3.53. The van der Waals surface area contributed by atoms with Crippen molar-refractivity contribution in [2.24, 2.45) is 0 Å². The number of ether oxygens (including phenoxy) is 1. The van der Waals surface area contributed by atoms with Crippen LogP contribution < -0.4 is 9.46 Å². The molecule has 1 atom stereocenters. The van der Waals surface area contributed by atoms with Gasteiger partial charge in [0, 0.05) is 32.1 Å². The Morgan fingerprint density at radius 3 is 2.78 bits per heavy atom. The highest BCUT2D eigenvalue weighted by atomic mass is 35.5. The van der Waals surface area contributed by atoms with E-state index in [0.29, 0.717) is 18.5 Å². The minimum absolute atomic E-state index is 0.0289. The average Bonchev–Trinajstić information content (AvgIpc) is 3.21. The summed E-state index contributed by atoms with van der Waals surface area (Å²) in [4.78, 5) is 28.2. The normalized spacial score (nSPS) is 17.2. The third kappa shape index (κ3) is 5.26. The van der Waals surface area contributed by atoms with Gasteiger partial charge in [0.25, 0.3) is 5.91 Å². The number of imidazole rings is 1. The first-order valence-corrected chi connectivity index (χ1v) is 14.1. The van der Waals surface area contributed by atoms with Crippen LogP contribution in [0.2, 0.25) is 5.15 Å². The van der Waals surface area contributed by atoms with Gasteiger partial charge in [-0.15, -0.1) is 0 Å². The maximum absolute atomic E-state index is 15.2. The molecule has 5 heterocycles. The maximum Gasteiger partial charge on any atom is 0.261 e. The number of aromatic nitrogens is 4. The Morgan fingerprint density at radius 1 is 1.24 bits per heavy atom. The second-order valence-corrected chi connectivity index (χ2v) is 11.3. The molecule has 0 saturated heterocycles. The van der Waals surface area contributed by atoms with Gasteiger partial charge in [-0.3, -0.25) is 14.5 Å². The first-order chi connectivity index (χ1) is 17.6. The van der Waals surface area contributed by atoms with E-state index in [2.05, 4.69) is 19.3 Å². The molecule has 1 N–H and O–H groups in total. The predicted octanol–water partition coefficient (Wildman–Crippen LogP) is 3.03. The highest BCUT2D eigenvalue weighted by molar-refractivity contribution is 7.92. The number of aryl methyl sites for hydroxylation is 2. The Balaban J connectivity index is 1.43. The van der Waals surface area contributed by atoms with Gasteiger partial charge in [0.05, 0.1) is 17.6 Å². The minimum Gasteiger partial charge on any atom is -0.481 e. The largest absolute Gasteiger partial charge is 0.481 e. The van der Waals surface area contributed by atoms with Crippen molar-refractivity contribution in [1.82, 2.24) is 24.4 Å². The summed E-state index contributed by atoms with van der Waals surface area (Å²) >= 11 is 6.15. The van der Waals surface area contributed by atoms with Gasteiger partial charge in [0.15, 0.2) is 17.5 Å². The van der Waals surface area contributed by atoms with E-state index in [-0.39, 0.29) is 34.9 Å². The number of pyridine rings is 2. The van der Waals surface area contributed by atoms with E-state index in [1.165, 1.54) is 18.2 Å².